The molecule has 12 aromatic carbocycles. The fourth-order valence-electron chi connectivity index (χ4n) is 12.1. The number of para-hydroxylation sites is 3. The molecule has 0 aliphatic carbocycles. The standard InChI is InChI=1S/C48H42O8.C44H34O8/c1-29-23-36(24-30(2)44(29)53-6)28-37-25-31(3)45(32(4)26-37)56-48(52)41-17-15-40(16-18-41)47(51)55-43-21-9-35(10-22-43)27-34-7-19-42(20-8-34)54-46(50)39-13-11-38(12-14-39)33(5)49;1-29(45)31-17-19-32(20-18-31)42(46)51-40-13-7-4-10-36(40)28-37-11-5-8-14-41(37)52-44(48)34-23-21-33(22-24-34)43(47)50-39-12-6-3-9-35(39)27-30-15-25-38(49-2)26-16-30/h7-26H,27-28H2,1-6H3;3-26H,27-28H2,1-2H3. The van der Waals surface area contributed by atoms with E-state index in [-0.39, 0.29) is 22.7 Å². The van der Waals surface area contributed by atoms with Gasteiger partial charge in [-0.25, -0.2) is 28.8 Å². The maximum absolute atomic E-state index is 13.2. The molecule has 0 saturated carbocycles. The molecule has 0 aliphatic rings. The zero-order valence-corrected chi connectivity index (χ0v) is 60.8. The summed E-state index contributed by atoms with van der Waals surface area (Å²) >= 11 is 0. The Bertz CT molecular complexity index is 5250. The molecule has 0 unspecified atom stereocenters. The number of esters is 6. The Balaban J connectivity index is 0.000000215. The van der Waals surface area contributed by atoms with E-state index >= 15 is 0 Å². The van der Waals surface area contributed by atoms with Crippen LogP contribution >= 0.6 is 0 Å². The monoisotopic (exact) mass is 1440 g/mol. The molecule has 16 nitrogen and oxygen atoms in total. The average molecular weight is 1440 g/mol. The molecule has 0 heterocycles. The minimum absolute atomic E-state index is 0.0736. The van der Waals surface area contributed by atoms with Crippen LogP contribution in [0.25, 0.3) is 0 Å². The maximum Gasteiger partial charge on any atom is 0.343 e. The third-order valence-corrected chi connectivity index (χ3v) is 17.8. The molecular formula is C92H76O16. The Morgan fingerprint density at radius 1 is 0.241 bits per heavy atom. The van der Waals surface area contributed by atoms with E-state index in [1.165, 1.54) is 43.7 Å². The van der Waals surface area contributed by atoms with Crippen molar-refractivity contribution in [1.82, 2.24) is 0 Å². The second-order valence-electron chi connectivity index (χ2n) is 25.7. The zero-order chi connectivity index (χ0) is 76.4. The van der Waals surface area contributed by atoms with Crippen LogP contribution in [0.4, 0.5) is 0 Å². The van der Waals surface area contributed by atoms with Crippen LogP contribution in [0.1, 0.15) is 163 Å². The molecule has 12 aromatic rings. The molecule has 0 atom stereocenters. The zero-order valence-electron chi connectivity index (χ0n) is 60.8. The fourth-order valence-corrected chi connectivity index (χ4v) is 12.1. The summed E-state index contributed by atoms with van der Waals surface area (Å²) in [5, 5.41) is 0. The van der Waals surface area contributed by atoms with Crippen molar-refractivity contribution in [3.63, 3.8) is 0 Å². The van der Waals surface area contributed by atoms with Crippen LogP contribution < -0.4 is 37.9 Å². The Kier molecular flexibility index (Phi) is 24.7. The van der Waals surface area contributed by atoms with Crippen molar-refractivity contribution >= 4 is 47.4 Å². The van der Waals surface area contributed by atoms with Gasteiger partial charge in [0.15, 0.2) is 11.6 Å². The van der Waals surface area contributed by atoms with Gasteiger partial charge in [-0.05, 0) is 249 Å². The van der Waals surface area contributed by atoms with Crippen LogP contribution in [-0.2, 0) is 25.7 Å². The summed E-state index contributed by atoms with van der Waals surface area (Å²) in [7, 11) is 3.30. The van der Waals surface area contributed by atoms with E-state index < -0.39 is 35.8 Å². The third-order valence-electron chi connectivity index (χ3n) is 17.8. The highest BCUT2D eigenvalue weighted by atomic mass is 16.6. The number of carbonyl (C=O) groups excluding carboxylic acids is 8. The number of hydrogen-bond acceptors (Lipinski definition) is 16. The van der Waals surface area contributed by atoms with E-state index in [9.17, 15) is 38.4 Å². The molecule has 0 bridgehead atoms. The Morgan fingerprint density at radius 3 is 0.815 bits per heavy atom. The van der Waals surface area contributed by atoms with Gasteiger partial charge in [-0.15, -0.1) is 0 Å². The number of ketones is 2. The number of aryl methyl sites for hydroxylation is 4. The predicted molar refractivity (Wildman–Crippen MR) is 410 cm³/mol. The summed E-state index contributed by atoms with van der Waals surface area (Å²) in [6.45, 7) is 10.9. The quantitative estimate of drug-likeness (QED) is 0.0313. The van der Waals surface area contributed by atoms with Gasteiger partial charge in [0.1, 0.15) is 46.0 Å². The lowest BCUT2D eigenvalue weighted by Gasteiger charge is -2.15. The van der Waals surface area contributed by atoms with E-state index in [1.807, 2.05) is 125 Å². The van der Waals surface area contributed by atoms with Crippen molar-refractivity contribution in [3.05, 3.63) is 378 Å². The first-order valence-corrected chi connectivity index (χ1v) is 34.7. The van der Waals surface area contributed by atoms with Crippen LogP contribution in [-0.4, -0.2) is 61.6 Å². The summed E-state index contributed by atoms with van der Waals surface area (Å²) in [5.41, 5.74) is 14.3. The Hall–Kier alpha value is -13.6. The average Bonchev–Trinajstić information content (AvgIpc) is 0.536. The van der Waals surface area contributed by atoms with Gasteiger partial charge in [-0.2, -0.15) is 0 Å². The van der Waals surface area contributed by atoms with E-state index in [4.69, 9.17) is 37.9 Å². The predicted octanol–water partition coefficient (Wildman–Crippen LogP) is 18.7. The van der Waals surface area contributed by atoms with Crippen molar-refractivity contribution < 1.29 is 76.3 Å². The van der Waals surface area contributed by atoms with Crippen molar-refractivity contribution in [3.8, 4) is 46.0 Å². The van der Waals surface area contributed by atoms with Crippen LogP contribution in [0.15, 0.2) is 267 Å². The minimum Gasteiger partial charge on any atom is -0.497 e. The summed E-state index contributed by atoms with van der Waals surface area (Å²) in [6.07, 6.45) is 2.22. The first kappa shape index (κ1) is 75.6. The van der Waals surface area contributed by atoms with Gasteiger partial charge in [-0.3, -0.25) is 9.59 Å². The molecule has 0 N–H and O–H groups in total. The Morgan fingerprint density at radius 2 is 0.500 bits per heavy atom. The molecule has 540 valence electrons. The SMILES string of the molecule is COc1c(C)cc(Cc2cc(C)c(OC(=O)c3ccc(C(=O)Oc4ccc(Cc5ccc(OC(=O)c6ccc(C(C)=O)cc6)cc5)cc4)cc3)c(C)c2)cc1C.COc1ccc(Cc2ccccc2OC(=O)c2ccc(C(=O)Oc3ccccc3Cc3ccccc3OC(=O)c3ccc(C(C)=O)cc3)cc2)cc1. The number of methoxy groups -OCH3 is 2. The van der Waals surface area contributed by atoms with Gasteiger partial charge in [-0.1, -0.05) is 140 Å². The molecule has 108 heavy (non-hydrogen) atoms. The molecular weight excluding hydrogens is 1360 g/mol. The summed E-state index contributed by atoms with van der Waals surface area (Å²) in [4.78, 5) is 101. The van der Waals surface area contributed by atoms with E-state index in [1.54, 1.807) is 148 Å². The number of ether oxygens (including phenoxy) is 8. The topological polar surface area (TPSA) is 210 Å². The largest absolute Gasteiger partial charge is 0.497 e. The highest BCUT2D eigenvalue weighted by Gasteiger charge is 2.21. The fraction of sp³-hybridized carbons (Fsp3) is 0.130. The number of carbonyl (C=O) groups is 8. The van der Waals surface area contributed by atoms with Crippen LogP contribution in [0.2, 0.25) is 0 Å². The lowest BCUT2D eigenvalue weighted by Crippen LogP contribution is -2.13. The van der Waals surface area contributed by atoms with E-state index in [2.05, 4.69) is 12.1 Å². The van der Waals surface area contributed by atoms with Gasteiger partial charge in [0.25, 0.3) is 0 Å². The van der Waals surface area contributed by atoms with Gasteiger partial charge >= 0.3 is 35.8 Å². The molecule has 0 radical (unpaired) electrons. The minimum atomic E-state index is -0.606. The number of rotatable bonds is 24. The second-order valence-corrected chi connectivity index (χ2v) is 25.7. The van der Waals surface area contributed by atoms with Gasteiger partial charge < -0.3 is 37.9 Å². The number of benzene rings is 12. The molecule has 0 aliphatic heterocycles. The highest BCUT2D eigenvalue weighted by molar-refractivity contribution is 5.99. The number of hydrogen-bond donors (Lipinski definition) is 0. The second kappa shape index (κ2) is 35.3. The molecule has 0 saturated heterocycles. The molecule has 0 aromatic heterocycles. The van der Waals surface area contributed by atoms with Crippen molar-refractivity contribution in [1.29, 1.82) is 0 Å². The third kappa shape index (κ3) is 19.8. The van der Waals surface area contributed by atoms with Crippen molar-refractivity contribution in [2.75, 3.05) is 14.2 Å². The summed E-state index contributed by atoms with van der Waals surface area (Å²) in [5.74, 6) is 0.631. The van der Waals surface area contributed by atoms with Crippen molar-refractivity contribution in [2.24, 2.45) is 0 Å². The molecule has 16 heteroatoms. The van der Waals surface area contributed by atoms with Crippen LogP contribution in [0.5, 0.6) is 46.0 Å². The summed E-state index contributed by atoms with van der Waals surface area (Å²) in [6, 6.07) is 76.9. The lowest BCUT2D eigenvalue weighted by molar-refractivity contribution is 0.0719. The van der Waals surface area contributed by atoms with E-state index in [0.717, 1.165) is 68.0 Å². The normalized spacial score (nSPS) is 10.7. The Labute approximate surface area is 626 Å². The molecule has 0 spiro atoms. The first-order valence-electron chi connectivity index (χ1n) is 34.7. The molecule has 0 fully saturated rings. The van der Waals surface area contributed by atoms with Crippen molar-refractivity contribution in [2.45, 2.75) is 67.2 Å². The molecule has 0 amide bonds. The van der Waals surface area contributed by atoms with Crippen LogP contribution in [0.3, 0.4) is 0 Å². The smallest absolute Gasteiger partial charge is 0.343 e. The highest BCUT2D eigenvalue weighted by Crippen LogP contribution is 2.33. The molecule has 12 rings (SSSR count). The van der Waals surface area contributed by atoms with Gasteiger partial charge in [0.2, 0.25) is 0 Å². The number of Topliss-reactive ketones (excluding diaryl/α,β-unsaturated/α-hetero) is 2. The lowest BCUT2D eigenvalue weighted by atomic mass is 9.97. The van der Waals surface area contributed by atoms with Crippen LogP contribution in [0, 0.1) is 27.7 Å². The van der Waals surface area contributed by atoms with Gasteiger partial charge in [0, 0.05) is 24.0 Å². The van der Waals surface area contributed by atoms with E-state index in [0.29, 0.717) is 98.3 Å². The van der Waals surface area contributed by atoms with Gasteiger partial charge in [0.05, 0.1) is 47.6 Å². The summed E-state index contributed by atoms with van der Waals surface area (Å²) < 4.78 is 45.0. The maximum atomic E-state index is 13.2. The first-order chi connectivity index (χ1) is 52.1.